The average Bonchev–Trinajstić information content (AvgIpc) is 3.54. The first-order chi connectivity index (χ1) is 14.7. The number of methoxy groups -OCH3 is 1. The third-order valence-electron chi connectivity index (χ3n) is 5.43. The Morgan fingerprint density at radius 1 is 1.10 bits per heavy atom. The average molecular weight is 427 g/mol. The third kappa shape index (κ3) is 4.19. The van der Waals surface area contributed by atoms with Gasteiger partial charge < -0.3 is 15.8 Å². The van der Waals surface area contributed by atoms with Crippen molar-refractivity contribution in [3.05, 3.63) is 77.6 Å². The van der Waals surface area contributed by atoms with Crippen molar-refractivity contribution >= 4 is 11.6 Å². The maximum atomic E-state index is 12.8. The van der Waals surface area contributed by atoms with Crippen molar-refractivity contribution < 1.29 is 22.7 Å². The number of pyridine rings is 1. The fraction of sp³-hybridized carbons (Fsp3) is 0.217. The summed E-state index contributed by atoms with van der Waals surface area (Å²) in [5.41, 5.74) is 6.90. The molecule has 160 valence electrons. The first-order valence-electron chi connectivity index (χ1n) is 9.62. The van der Waals surface area contributed by atoms with Gasteiger partial charge >= 0.3 is 6.18 Å². The summed E-state index contributed by atoms with van der Waals surface area (Å²) in [6.45, 7) is 0. The first-order valence-corrected chi connectivity index (χ1v) is 9.62. The molecule has 0 atom stereocenters. The van der Waals surface area contributed by atoms with Gasteiger partial charge in [-0.1, -0.05) is 24.3 Å². The van der Waals surface area contributed by atoms with E-state index in [-0.39, 0.29) is 11.6 Å². The van der Waals surface area contributed by atoms with E-state index in [2.05, 4.69) is 10.3 Å². The van der Waals surface area contributed by atoms with Crippen LogP contribution in [0.4, 0.5) is 18.9 Å². The minimum atomic E-state index is -4.54. The van der Waals surface area contributed by atoms with Gasteiger partial charge in [0.1, 0.15) is 11.4 Å². The number of hydrogen-bond acceptors (Lipinski definition) is 4. The van der Waals surface area contributed by atoms with Gasteiger partial charge in [0.2, 0.25) is 0 Å². The molecule has 31 heavy (non-hydrogen) atoms. The normalized spacial score (nSPS) is 14.7. The van der Waals surface area contributed by atoms with Gasteiger partial charge in [-0.15, -0.1) is 0 Å². The zero-order valence-corrected chi connectivity index (χ0v) is 16.7. The summed E-state index contributed by atoms with van der Waals surface area (Å²) in [6, 6.07) is 15.0. The molecule has 1 aromatic heterocycles. The van der Waals surface area contributed by atoms with Crippen molar-refractivity contribution in [1.29, 1.82) is 0 Å². The number of halogens is 3. The highest BCUT2D eigenvalue weighted by atomic mass is 19.4. The summed E-state index contributed by atoms with van der Waals surface area (Å²) in [7, 11) is 1.56. The molecule has 3 aromatic rings. The predicted octanol–water partition coefficient (Wildman–Crippen LogP) is 4.78. The molecule has 5 nitrogen and oxygen atoms in total. The molecule has 0 bridgehead atoms. The number of nitrogen functional groups attached to an aromatic ring is 1. The molecule has 0 unspecified atom stereocenters. The van der Waals surface area contributed by atoms with E-state index in [1.807, 2.05) is 12.1 Å². The Morgan fingerprint density at radius 3 is 2.26 bits per heavy atom. The van der Waals surface area contributed by atoms with Gasteiger partial charge in [-0.25, -0.2) is 0 Å². The fourth-order valence-corrected chi connectivity index (χ4v) is 3.48. The van der Waals surface area contributed by atoms with Crippen LogP contribution >= 0.6 is 0 Å². The number of alkyl halides is 3. The molecule has 1 fully saturated rings. The molecule has 0 radical (unpaired) electrons. The van der Waals surface area contributed by atoms with Crippen LogP contribution in [0.25, 0.3) is 11.1 Å². The van der Waals surface area contributed by atoms with Crippen LogP contribution in [0.1, 0.15) is 34.5 Å². The summed E-state index contributed by atoms with van der Waals surface area (Å²) in [6.07, 6.45) is -1.81. The van der Waals surface area contributed by atoms with E-state index >= 15 is 0 Å². The van der Waals surface area contributed by atoms with E-state index in [0.29, 0.717) is 22.4 Å². The number of nitrogens with zero attached hydrogens (tertiary/aromatic N) is 1. The Kier molecular flexibility index (Phi) is 5.08. The molecule has 1 aliphatic carbocycles. The molecule has 8 heteroatoms. The van der Waals surface area contributed by atoms with Crippen molar-refractivity contribution in [1.82, 2.24) is 10.3 Å². The van der Waals surface area contributed by atoms with Crippen molar-refractivity contribution in [3.63, 3.8) is 0 Å². The molecule has 3 N–H and O–H groups in total. The van der Waals surface area contributed by atoms with Gasteiger partial charge in [0.25, 0.3) is 5.91 Å². The van der Waals surface area contributed by atoms with Crippen molar-refractivity contribution in [2.45, 2.75) is 24.6 Å². The number of ether oxygens (including phenoxy) is 1. The first kappa shape index (κ1) is 20.7. The van der Waals surface area contributed by atoms with Crippen molar-refractivity contribution in [2.24, 2.45) is 0 Å². The monoisotopic (exact) mass is 427 g/mol. The van der Waals surface area contributed by atoms with Gasteiger partial charge in [0.05, 0.1) is 12.6 Å². The van der Waals surface area contributed by atoms with Gasteiger partial charge in [-0.3, -0.25) is 9.78 Å². The second kappa shape index (κ2) is 7.61. The highest BCUT2D eigenvalue weighted by molar-refractivity contribution is 5.95. The van der Waals surface area contributed by atoms with E-state index in [0.717, 1.165) is 30.7 Å². The molecule has 1 aliphatic rings. The Hall–Kier alpha value is -3.55. The number of rotatable bonds is 5. The number of anilines is 1. The summed E-state index contributed by atoms with van der Waals surface area (Å²) >= 11 is 0. The van der Waals surface area contributed by atoms with Crippen molar-refractivity contribution in [2.75, 3.05) is 12.8 Å². The summed E-state index contributed by atoms with van der Waals surface area (Å²) < 4.78 is 43.5. The summed E-state index contributed by atoms with van der Waals surface area (Å²) in [4.78, 5) is 16.1. The molecule has 0 saturated heterocycles. The number of amides is 1. The number of carbonyl (C=O) groups is 1. The lowest BCUT2D eigenvalue weighted by atomic mass is 9.99. The largest absolute Gasteiger partial charge is 0.497 e. The third-order valence-corrected chi connectivity index (χ3v) is 5.43. The quantitative estimate of drug-likeness (QED) is 0.615. The number of nitrogens with two attached hydrogens (primary N) is 1. The molecule has 2 aromatic carbocycles. The van der Waals surface area contributed by atoms with E-state index in [9.17, 15) is 18.0 Å². The Balaban J connectivity index is 1.52. The standard InChI is InChI=1S/C23H20F3N3O2/c1-31-17-8-4-15(5-9-17)21(30)29-22(10-11-22)16-6-2-14(3-7-16)18-13-28-20(12-19(18)27)23(24,25)26/h2-9,12-13H,10-11H2,1H3,(H2,27,28)(H,29,30). The minimum Gasteiger partial charge on any atom is -0.497 e. The van der Waals surface area contributed by atoms with Crippen LogP contribution < -0.4 is 15.8 Å². The molecular formula is C23H20F3N3O2. The molecule has 4 rings (SSSR count). The van der Waals surface area contributed by atoms with Crippen LogP contribution in [-0.4, -0.2) is 18.0 Å². The van der Waals surface area contributed by atoms with Crippen molar-refractivity contribution in [3.8, 4) is 16.9 Å². The highest BCUT2D eigenvalue weighted by Crippen LogP contribution is 2.46. The summed E-state index contributed by atoms with van der Waals surface area (Å²) in [5.74, 6) is 0.491. The van der Waals surface area contributed by atoms with Gasteiger partial charge in [0, 0.05) is 23.0 Å². The second-order valence-corrected chi connectivity index (χ2v) is 7.50. The van der Waals surface area contributed by atoms with E-state index in [1.165, 1.54) is 0 Å². The second-order valence-electron chi connectivity index (χ2n) is 7.50. The fourth-order valence-electron chi connectivity index (χ4n) is 3.48. The number of carbonyl (C=O) groups excluding carboxylic acids is 1. The Bertz CT molecular complexity index is 1110. The molecule has 0 aliphatic heterocycles. The SMILES string of the molecule is COc1ccc(C(=O)NC2(c3ccc(-c4cnc(C(F)(F)F)cc4N)cc3)CC2)cc1. The zero-order valence-electron chi connectivity index (χ0n) is 16.7. The maximum Gasteiger partial charge on any atom is 0.433 e. The summed E-state index contributed by atoms with van der Waals surface area (Å²) in [5, 5.41) is 3.09. The van der Waals surface area contributed by atoms with Crippen LogP contribution in [0.5, 0.6) is 5.75 Å². The lowest BCUT2D eigenvalue weighted by Gasteiger charge is -2.19. The molecular weight excluding hydrogens is 407 g/mol. The lowest BCUT2D eigenvalue weighted by molar-refractivity contribution is -0.141. The number of aromatic nitrogens is 1. The number of benzene rings is 2. The Labute approximate surface area is 177 Å². The van der Waals surface area contributed by atoms with Gasteiger partial charge in [-0.05, 0) is 54.3 Å². The number of hydrogen-bond donors (Lipinski definition) is 2. The maximum absolute atomic E-state index is 12.8. The van der Waals surface area contributed by atoms with E-state index in [1.54, 1.807) is 43.5 Å². The lowest BCUT2D eigenvalue weighted by Crippen LogP contribution is -2.34. The smallest absolute Gasteiger partial charge is 0.433 e. The number of nitrogens with one attached hydrogen (secondary N) is 1. The molecule has 1 heterocycles. The molecule has 1 amide bonds. The molecule has 0 spiro atoms. The van der Waals surface area contributed by atoms with Crippen LogP contribution in [-0.2, 0) is 11.7 Å². The molecule has 1 saturated carbocycles. The van der Waals surface area contributed by atoms with Crippen LogP contribution in [0, 0.1) is 0 Å². The van der Waals surface area contributed by atoms with Gasteiger partial charge in [0.15, 0.2) is 0 Å². The van der Waals surface area contributed by atoms with E-state index in [4.69, 9.17) is 10.5 Å². The minimum absolute atomic E-state index is 0.00372. The van der Waals surface area contributed by atoms with Crippen LogP contribution in [0.3, 0.4) is 0 Å². The predicted molar refractivity (Wildman–Crippen MR) is 110 cm³/mol. The van der Waals surface area contributed by atoms with E-state index < -0.39 is 17.4 Å². The topological polar surface area (TPSA) is 77.2 Å². The van der Waals surface area contributed by atoms with Crippen LogP contribution in [0.2, 0.25) is 0 Å². The highest BCUT2D eigenvalue weighted by Gasteiger charge is 2.45. The van der Waals surface area contributed by atoms with Gasteiger partial charge in [-0.2, -0.15) is 13.2 Å². The Morgan fingerprint density at radius 2 is 1.74 bits per heavy atom. The van der Waals surface area contributed by atoms with Crippen LogP contribution in [0.15, 0.2) is 60.8 Å². The zero-order chi connectivity index (χ0) is 22.2.